The summed E-state index contributed by atoms with van der Waals surface area (Å²) in [5, 5.41) is 3.42. The third-order valence-corrected chi connectivity index (χ3v) is 6.01. The summed E-state index contributed by atoms with van der Waals surface area (Å²) in [7, 11) is -3.94. The van der Waals surface area contributed by atoms with Crippen LogP contribution in [0.3, 0.4) is 0 Å². The van der Waals surface area contributed by atoms with Gasteiger partial charge < -0.3 is 4.52 Å². The first-order chi connectivity index (χ1) is 10.7. The van der Waals surface area contributed by atoms with Crippen molar-refractivity contribution >= 4 is 21.6 Å². The molecule has 0 bridgehead atoms. The van der Waals surface area contributed by atoms with Crippen molar-refractivity contribution in [3.63, 3.8) is 0 Å². The van der Waals surface area contributed by atoms with Crippen molar-refractivity contribution in [3.8, 4) is 0 Å². The van der Waals surface area contributed by atoms with Gasteiger partial charge in [0, 0.05) is 11.6 Å². The van der Waals surface area contributed by atoms with Gasteiger partial charge in [0.25, 0.3) is 0 Å². The van der Waals surface area contributed by atoms with Gasteiger partial charge in [0.2, 0.25) is 11.8 Å². The summed E-state index contributed by atoms with van der Waals surface area (Å²) >= 11 is 0. The number of carbonyl (C=O) groups excluding carboxylic acids is 1. The third-order valence-electron chi connectivity index (χ3n) is 3.57. The molecule has 0 radical (unpaired) electrons. The number of sulfone groups is 1. The minimum absolute atomic E-state index is 0.0302. The smallest absolute Gasteiger partial charge is 0.244 e. The Morgan fingerprint density at radius 1 is 1.30 bits per heavy atom. The Balaban J connectivity index is 2.21. The van der Waals surface area contributed by atoms with Gasteiger partial charge in [-0.2, -0.15) is 0 Å². The van der Waals surface area contributed by atoms with E-state index >= 15 is 0 Å². The van der Waals surface area contributed by atoms with E-state index in [0.717, 1.165) is 0 Å². The molecule has 0 saturated carbocycles. The van der Waals surface area contributed by atoms with Crippen molar-refractivity contribution in [1.82, 2.24) is 5.16 Å². The first kappa shape index (κ1) is 17.1. The maximum absolute atomic E-state index is 13.8. The van der Waals surface area contributed by atoms with E-state index in [1.165, 1.54) is 38.1 Å². The lowest BCUT2D eigenvalue weighted by Gasteiger charge is -2.18. The molecule has 6 nitrogen and oxygen atoms in total. The fraction of sp³-hybridized carbons (Fsp3) is 0.333. The van der Waals surface area contributed by atoms with Crippen molar-refractivity contribution in [2.75, 3.05) is 5.32 Å². The van der Waals surface area contributed by atoms with Crippen LogP contribution in [-0.4, -0.2) is 24.7 Å². The van der Waals surface area contributed by atoms with E-state index in [0.29, 0.717) is 5.69 Å². The van der Waals surface area contributed by atoms with Crippen molar-refractivity contribution in [2.45, 2.75) is 31.3 Å². The molecular weight excluding hydrogens is 323 g/mol. The second-order valence-electron chi connectivity index (χ2n) is 5.22. The largest absolute Gasteiger partial charge is 0.338 e. The van der Waals surface area contributed by atoms with Crippen molar-refractivity contribution in [3.05, 3.63) is 47.4 Å². The van der Waals surface area contributed by atoms with Crippen LogP contribution in [-0.2, 0) is 14.6 Å². The number of benzene rings is 1. The molecule has 2 atom stereocenters. The molecule has 1 amide bonds. The van der Waals surface area contributed by atoms with Gasteiger partial charge in [-0.3, -0.25) is 10.1 Å². The Kier molecular flexibility index (Phi) is 4.84. The molecule has 0 unspecified atom stereocenters. The molecule has 1 heterocycles. The topological polar surface area (TPSA) is 89.3 Å². The number of halogens is 1. The monoisotopic (exact) mass is 340 g/mol. The van der Waals surface area contributed by atoms with E-state index < -0.39 is 32.1 Å². The molecule has 2 aromatic rings. The summed E-state index contributed by atoms with van der Waals surface area (Å²) in [6.45, 7) is 4.28. The first-order valence-electron chi connectivity index (χ1n) is 6.94. The molecule has 1 N–H and O–H groups in total. The maximum Gasteiger partial charge on any atom is 0.244 e. The van der Waals surface area contributed by atoms with Crippen LogP contribution in [0.15, 0.2) is 34.9 Å². The van der Waals surface area contributed by atoms with E-state index in [4.69, 9.17) is 4.52 Å². The Morgan fingerprint density at radius 2 is 1.96 bits per heavy atom. The van der Waals surface area contributed by atoms with Crippen LogP contribution in [0.1, 0.15) is 30.4 Å². The average Bonchev–Trinajstić information content (AvgIpc) is 2.91. The zero-order valence-corrected chi connectivity index (χ0v) is 13.7. The predicted octanol–water partition coefficient (Wildman–Crippen LogP) is 2.63. The minimum atomic E-state index is -3.94. The molecule has 8 heteroatoms. The molecular formula is C15H17FN2O4S. The number of rotatable bonds is 5. The molecule has 124 valence electrons. The molecule has 2 rings (SSSR count). The SMILES string of the molecule is Cc1cc(NC(=O)[C@@H](C)S(=O)(=O)[C@@H](C)c2ccccc2F)on1. The normalized spacial score (nSPS) is 14.3. The van der Waals surface area contributed by atoms with Gasteiger partial charge in [0.05, 0.1) is 10.9 Å². The predicted molar refractivity (Wildman–Crippen MR) is 83.1 cm³/mol. The van der Waals surface area contributed by atoms with Gasteiger partial charge in [-0.25, -0.2) is 12.8 Å². The lowest BCUT2D eigenvalue weighted by molar-refractivity contribution is -0.115. The van der Waals surface area contributed by atoms with Crippen molar-refractivity contribution < 1.29 is 22.1 Å². The lowest BCUT2D eigenvalue weighted by atomic mass is 10.1. The highest BCUT2D eigenvalue weighted by Gasteiger charge is 2.35. The van der Waals surface area contributed by atoms with Gasteiger partial charge >= 0.3 is 0 Å². The van der Waals surface area contributed by atoms with Crippen LogP contribution in [0.5, 0.6) is 0 Å². The maximum atomic E-state index is 13.8. The van der Waals surface area contributed by atoms with Crippen LogP contribution in [0.4, 0.5) is 10.3 Å². The van der Waals surface area contributed by atoms with Gasteiger partial charge in [-0.15, -0.1) is 0 Å². The van der Waals surface area contributed by atoms with E-state index in [2.05, 4.69) is 10.5 Å². The molecule has 1 aromatic heterocycles. The average molecular weight is 340 g/mol. The summed E-state index contributed by atoms with van der Waals surface area (Å²) in [5.41, 5.74) is 0.582. The Labute approximate surface area is 133 Å². The van der Waals surface area contributed by atoms with E-state index in [1.807, 2.05) is 0 Å². The molecule has 1 aromatic carbocycles. The van der Waals surface area contributed by atoms with Gasteiger partial charge in [0.15, 0.2) is 9.84 Å². The Bertz CT molecular complexity index is 816. The highest BCUT2D eigenvalue weighted by Crippen LogP contribution is 2.28. The molecule has 0 aliphatic heterocycles. The van der Waals surface area contributed by atoms with Crippen molar-refractivity contribution in [1.29, 1.82) is 0 Å². The first-order valence-corrected chi connectivity index (χ1v) is 8.55. The van der Waals surface area contributed by atoms with Gasteiger partial charge in [-0.05, 0) is 26.8 Å². The number of hydrogen-bond acceptors (Lipinski definition) is 5. The molecule has 0 fully saturated rings. The standard InChI is InChI=1S/C15H17FN2O4S/c1-9-8-14(22-18-9)17-15(19)11(3)23(20,21)10(2)12-6-4-5-7-13(12)16/h4-8,10-11H,1-3H3,(H,17,19)/t10-,11+/m0/s1. The third kappa shape index (κ3) is 3.58. The van der Waals surface area contributed by atoms with E-state index in [1.54, 1.807) is 13.0 Å². The number of anilines is 1. The zero-order chi connectivity index (χ0) is 17.2. The summed E-state index contributed by atoms with van der Waals surface area (Å²) in [6, 6.07) is 7.07. The highest BCUT2D eigenvalue weighted by molar-refractivity contribution is 7.93. The molecule has 0 aliphatic rings. The highest BCUT2D eigenvalue weighted by atomic mass is 32.2. The number of hydrogen-bond donors (Lipinski definition) is 1. The Morgan fingerprint density at radius 3 is 2.52 bits per heavy atom. The van der Waals surface area contributed by atoms with Crippen LogP contribution >= 0.6 is 0 Å². The molecule has 0 aliphatic carbocycles. The molecule has 23 heavy (non-hydrogen) atoms. The number of amides is 1. The molecule has 0 saturated heterocycles. The van der Waals surface area contributed by atoms with Crippen molar-refractivity contribution in [2.24, 2.45) is 0 Å². The number of nitrogens with zero attached hydrogens (tertiary/aromatic N) is 1. The number of aromatic nitrogens is 1. The lowest BCUT2D eigenvalue weighted by Crippen LogP contribution is -2.35. The number of aryl methyl sites for hydroxylation is 1. The van der Waals surface area contributed by atoms with E-state index in [-0.39, 0.29) is 11.4 Å². The fourth-order valence-corrected chi connectivity index (χ4v) is 3.60. The summed E-state index contributed by atoms with van der Waals surface area (Å²) < 4.78 is 43.7. The van der Waals surface area contributed by atoms with Crippen LogP contribution in [0.25, 0.3) is 0 Å². The second kappa shape index (κ2) is 6.49. The number of nitrogens with one attached hydrogen (secondary N) is 1. The number of carbonyl (C=O) groups is 1. The summed E-state index contributed by atoms with van der Waals surface area (Å²) in [6.07, 6.45) is 0. The van der Waals surface area contributed by atoms with Crippen LogP contribution in [0.2, 0.25) is 0 Å². The van der Waals surface area contributed by atoms with E-state index in [9.17, 15) is 17.6 Å². The van der Waals surface area contributed by atoms with Crippen LogP contribution < -0.4 is 5.32 Å². The second-order valence-corrected chi connectivity index (χ2v) is 7.81. The van der Waals surface area contributed by atoms with Gasteiger partial charge in [0.1, 0.15) is 11.1 Å². The van der Waals surface area contributed by atoms with Crippen LogP contribution in [0, 0.1) is 12.7 Å². The minimum Gasteiger partial charge on any atom is -0.338 e. The summed E-state index contributed by atoms with van der Waals surface area (Å²) in [4.78, 5) is 12.1. The zero-order valence-electron chi connectivity index (χ0n) is 12.9. The Hall–Kier alpha value is -2.22. The quantitative estimate of drug-likeness (QED) is 0.904. The van der Waals surface area contributed by atoms with Gasteiger partial charge in [-0.1, -0.05) is 23.4 Å². The molecule has 0 spiro atoms. The fourth-order valence-electron chi connectivity index (χ4n) is 2.08. The summed E-state index contributed by atoms with van der Waals surface area (Å²) in [5.74, 6) is -1.32.